The van der Waals surface area contributed by atoms with Gasteiger partial charge in [0, 0.05) is 22.7 Å². The molecule has 0 bridgehead atoms. The molecule has 32 heavy (non-hydrogen) atoms. The Hall–Kier alpha value is -4.20. The Morgan fingerprint density at radius 1 is 0.719 bits per heavy atom. The minimum atomic E-state index is -4.53. The maximum absolute atomic E-state index is 13.6. The number of fused-ring (bicyclic) bond motifs is 1. The van der Waals surface area contributed by atoms with Crippen molar-refractivity contribution < 1.29 is 13.2 Å². The van der Waals surface area contributed by atoms with Gasteiger partial charge in [0.1, 0.15) is 5.82 Å². The summed E-state index contributed by atoms with van der Waals surface area (Å²) >= 11 is 0. The molecule has 0 saturated carbocycles. The molecule has 0 aliphatic carbocycles. The van der Waals surface area contributed by atoms with Crippen LogP contribution < -0.4 is 5.32 Å². The van der Waals surface area contributed by atoms with Gasteiger partial charge < -0.3 is 5.32 Å². The van der Waals surface area contributed by atoms with E-state index in [2.05, 4.69) is 25.5 Å². The van der Waals surface area contributed by atoms with Crippen molar-refractivity contribution in [1.82, 2.24) is 20.2 Å². The van der Waals surface area contributed by atoms with Crippen LogP contribution in [0, 0.1) is 0 Å². The third-order valence-electron chi connectivity index (χ3n) is 5.04. The highest BCUT2D eigenvalue weighted by Gasteiger charge is 2.34. The van der Waals surface area contributed by atoms with Crippen LogP contribution in [0.3, 0.4) is 0 Å². The van der Waals surface area contributed by atoms with Gasteiger partial charge in [0.15, 0.2) is 11.6 Å². The van der Waals surface area contributed by atoms with Gasteiger partial charge in [-0.25, -0.2) is 9.97 Å². The summed E-state index contributed by atoms with van der Waals surface area (Å²) in [4.78, 5) is 8.89. The van der Waals surface area contributed by atoms with E-state index in [1.807, 2.05) is 42.5 Å². The zero-order valence-corrected chi connectivity index (χ0v) is 16.6. The number of alkyl halides is 3. The molecule has 2 N–H and O–H groups in total. The lowest BCUT2D eigenvalue weighted by molar-refractivity contribution is -0.137. The summed E-state index contributed by atoms with van der Waals surface area (Å²) in [5.74, 6) is 0.859. The monoisotopic (exact) mass is 431 g/mol. The number of aromatic amines is 1. The highest BCUT2D eigenvalue weighted by atomic mass is 19.4. The molecule has 0 radical (unpaired) electrons. The van der Waals surface area contributed by atoms with E-state index in [0.29, 0.717) is 22.5 Å². The van der Waals surface area contributed by atoms with E-state index in [4.69, 9.17) is 0 Å². The second-order valence-electron chi connectivity index (χ2n) is 7.09. The average molecular weight is 431 g/mol. The number of rotatable bonds is 4. The first-order chi connectivity index (χ1) is 15.5. The van der Waals surface area contributed by atoms with Gasteiger partial charge in [0.05, 0.1) is 11.1 Å². The van der Waals surface area contributed by atoms with Crippen molar-refractivity contribution in [2.24, 2.45) is 0 Å². The Balaban J connectivity index is 1.66. The summed E-state index contributed by atoms with van der Waals surface area (Å²) in [6, 6.07) is 22.1. The van der Waals surface area contributed by atoms with Gasteiger partial charge in [-0.3, -0.25) is 5.10 Å². The van der Waals surface area contributed by atoms with Gasteiger partial charge in [0.2, 0.25) is 0 Å². The molecule has 0 aliphatic rings. The summed E-state index contributed by atoms with van der Waals surface area (Å²) < 4.78 is 40.8. The molecular weight excluding hydrogens is 415 g/mol. The van der Waals surface area contributed by atoms with Crippen LogP contribution in [0.15, 0.2) is 85.1 Å². The van der Waals surface area contributed by atoms with Gasteiger partial charge in [-0.15, -0.1) is 0 Å². The molecule has 2 heterocycles. The van der Waals surface area contributed by atoms with Crippen LogP contribution in [0.2, 0.25) is 0 Å². The fraction of sp³-hybridized carbons (Fsp3) is 0.0417. The van der Waals surface area contributed by atoms with Crippen LogP contribution in [-0.4, -0.2) is 20.2 Å². The minimum absolute atomic E-state index is 0.0177. The van der Waals surface area contributed by atoms with Crippen LogP contribution in [0.25, 0.3) is 33.4 Å². The van der Waals surface area contributed by atoms with E-state index in [0.717, 1.165) is 17.2 Å². The summed E-state index contributed by atoms with van der Waals surface area (Å²) in [6.45, 7) is 0. The molecule has 0 fully saturated rings. The fourth-order valence-electron chi connectivity index (χ4n) is 3.55. The molecule has 0 unspecified atom stereocenters. The molecule has 0 saturated heterocycles. The van der Waals surface area contributed by atoms with Crippen LogP contribution in [-0.2, 0) is 6.18 Å². The van der Waals surface area contributed by atoms with Gasteiger partial charge >= 0.3 is 6.18 Å². The Kier molecular flexibility index (Phi) is 4.82. The number of aromatic nitrogens is 4. The Bertz CT molecular complexity index is 1390. The van der Waals surface area contributed by atoms with Crippen molar-refractivity contribution in [3.63, 3.8) is 0 Å². The molecule has 0 aliphatic heterocycles. The molecule has 0 spiro atoms. The molecule has 158 valence electrons. The third kappa shape index (κ3) is 3.66. The molecule has 0 atom stereocenters. The van der Waals surface area contributed by atoms with Crippen molar-refractivity contribution in [2.45, 2.75) is 6.18 Å². The van der Waals surface area contributed by atoms with Crippen LogP contribution in [0.5, 0.6) is 0 Å². The number of hydrogen-bond donors (Lipinski definition) is 2. The molecule has 2 aromatic heterocycles. The van der Waals surface area contributed by atoms with Crippen LogP contribution in [0.4, 0.5) is 24.8 Å². The first-order valence-electron chi connectivity index (χ1n) is 9.80. The smallest absolute Gasteiger partial charge is 0.322 e. The summed E-state index contributed by atoms with van der Waals surface area (Å²) in [7, 11) is 0. The number of halogens is 3. The lowest BCUT2D eigenvalue weighted by Crippen LogP contribution is -2.09. The average Bonchev–Trinajstić information content (AvgIpc) is 3.27. The quantitative estimate of drug-likeness (QED) is 0.343. The number of para-hydroxylation sites is 1. The SMILES string of the molecule is FC(F)(F)c1ccccc1-c1nc(Nc2n[nH]cc2-c2ccccc2)c2ccccc2n1. The minimum Gasteiger partial charge on any atom is -0.322 e. The Labute approximate surface area is 181 Å². The number of H-pyrrole nitrogens is 1. The number of anilines is 2. The highest BCUT2D eigenvalue weighted by molar-refractivity contribution is 5.93. The number of nitrogens with one attached hydrogen (secondary N) is 2. The topological polar surface area (TPSA) is 66.5 Å². The van der Waals surface area contributed by atoms with Gasteiger partial charge in [-0.1, -0.05) is 60.7 Å². The first-order valence-corrected chi connectivity index (χ1v) is 9.80. The molecule has 5 nitrogen and oxygen atoms in total. The van der Waals surface area contributed by atoms with Crippen LogP contribution in [0.1, 0.15) is 5.56 Å². The maximum Gasteiger partial charge on any atom is 0.417 e. The summed E-state index contributed by atoms with van der Waals surface area (Å²) in [6.07, 6.45) is -2.78. The van der Waals surface area contributed by atoms with Gasteiger partial charge in [-0.2, -0.15) is 18.3 Å². The predicted octanol–water partition coefficient (Wildman–Crippen LogP) is 6.45. The van der Waals surface area contributed by atoms with Crippen molar-refractivity contribution in [1.29, 1.82) is 0 Å². The first kappa shape index (κ1) is 19.7. The number of hydrogen-bond acceptors (Lipinski definition) is 4. The van der Waals surface area contributed by atoms with Crippen molar-refractivity contribution >= 4 is 22.5 Å². The van der Waals surface area contributed by atoms with E-state index in [1.165, 1.54) is 18.2 Å². The molecular formula is C24H16F3N5. The highest BCUT2D eigenvalue weighted by Crippen LogP contribution is 2.37. The molecule has 8 heteroatoms. The van der Waals surface area contributed by atoms with Gasteiger partial charge in [-0.05, 0) is 23.8 Å². The van der Waals surface area contributed by atoms with Crippen molar-refractivity contribution in [2.75, 3.05) is 5.32 Å². The lowest BCUT2D eigenvalue weighted by atomic mass is 10.1. The van der Waals surface area contributed by atoms with E-state index in [-0.39, 0.29) is 11.4 Å². The Morgan fingerprint density at radius 3 is 2.25 bits per heavy atom. The van der Waals surface area contributed by atoms with Crippen LogP contribution >= 0.6 is 0 Å². The lowest BCUT2D eigenvalue weighted by Gasteiger charge is -2.14. The zero-order chi connectivity index (χ0) is 22.1. The van der Waals surface area contributed by atoms with E-state index < -0.39 is 11.7 Å². The summed E-state index contributed by atoms with van der Waals surface area (Å²) in [5.41, 5.74) is 1.40. The maximum atomic E-state index is 13.6. The number of benzene rings is 3. The largest absolute Gasteiger partial charge is 0.417 e. The van der Waals surface area contributed by atoms with Gasteiger partial charge in [0.25, 0.3) is 0 Å². The fourth-order valence-corrected chi connectivity index (χ4v) is 3.55. The second-order valence-corrected chi connectivity index (χ2v) is 7.09. The van der Waals surface area contributed by atoms with Crippen molar-refractivity contribution in [3.8, 4) is 22.5 Å². The number of nitrogens with zero attached hydrogens (tertiary/aromatic N) is 3. The van der Waals surface area contributed by atoms with E-state index >= 15 is 0 Å². The van der Waals surface area contributed by atoms with Crippen molar-refractivity contribution in [3.05, 3.63) is 90.6 Å². The third-order valence-corrected chi connectivity index (χ3v) is 5.04. The van der Waals surface area contributed by atoms with E-state index in [9.17, 15) is 13.2 Å². The Morgan fingerprint density at radius 2 is 1.44 bits per heavy atom. The molecule has 3 aromatic carbocycles. The zero-order valence-electron chi connectivity index (χ0n) is 16.6. The van der Waals surface area contributed by atoms with E-state index in [1.54, 1.807) is 18.3 Å². The predicted molar refractivity (Wildman–Crippen MR) is 117 cm³/mol. The second kappa shape index (κ2) is 7.81. The molecule has 5 rings (SSSR count). The molecule has 0 amide bonds. The standard InChI is InChI=1S/C24H16F3N5/c25-24(26,27)19-12-6-4-10-16(19)21-29-20-13-7-5-11-17(20)22(30-21)31-23-18(14-28-32-23)15-8-2-1-3-9-15/h1-14H,(H2,28,29,30,31,32). The molecule has 5 aromatic rings. The normalized spacial score (nSPS) is 11.6. The summed E-state index contributed by atoms with van der Waals surface area (Å²) in [5, 5.41) is 11.0.